The van der Waals surface area contributed by atoms with Crippen molar-refractivity contribution in [3.8, 4) is 11.5 Å². The maximum Gasteiger partial charge on any atom is 0.363 e. The molecule has 0 saturated carbocycles. The largest absolute Gasteiger partial charge is 0.490 e. The molecule has 0 atom stereocenters. The second-order valence-corrected chi connectivity index (χ2v) is 7.88. The summed E-state index contributed by atoms with van der Waals surface area (Å²) in [6.45, 7) is 1.93. The minimum absolute atomic E-state index is 0.0142. The highest BCUT2D eigenvalue weighted by Crippen LogP contribution is 2.38. The van der Waals surface area contributed by atoms with Gasteiger partial charge >= 0.3 is 16.1 Å². The lowest BCUT2D eigenvalue weighted by Gasteiger charge is -2.12. The summed E-state index contributed by atoms with van der Waals surface area (Å²) < 4.78 is 51.4. The van der Waals surface area contributed by atoms with Gasteiger partial charge in [0.1, 0.15) is 5.82 Å². The average molecular weight is 440 g/mol. The Labute approximate surface area is 171 Å². The molecule has 0 amide bonds. The van der Waals surface area contributed by atoms with Crippen LogP contribution in [-0.4, -0.2) is 33.1 Å². The van der Waals surface area contributed by atoms with Gasteiger partial charge < -0.3 is 13.7 Å². The van der Waals surface area contributed by atoms with E-state index in [1.54, 1.807) is 6.92 Å². The average Bonchev–Trinajstić information content (AvgIpc) is 2.98. The predicted octanol–water partition coefficient (Wildman–Crippen LogP) is 3.56. The van der Waals surface area contributed by atoms with Gasteiger partial charge in [0, 0.05) is 5.56 Å². The molecule has 0 unspecified atom stereocenters. The second kappa shape index (κ2) is 8.22. The van der Waals surface area contributed by atoms with Crippen molar-refractivity contribution in [2.45, 2.75) is 6.92 Å². The van der Waals surface area contributed by atoms with Crippen LogP contribution in [0.4, 0.5) is 4.39 Å². The van der Waals surface area contributed by atoms with Crippen molar-refractivity contribution in [3.05, 3.63) is 64.1 Å². The van der Waals surface area contributed by atoms with Gasteiger partial charge in [0.2, 0.25) is 11.6 Å². The number of carbonyl (C=O) groups is 1. The van der Waals surface area contributed by atoms with Crippen LogP contribution in [0, 0.1) is 5.82 Å². The van der Waals surface area contributed by atoms with Crippen molar-refractivity contribution >= 4 is 39.7 Å². The smallest absolute Gasteiger partial charge is 0.363 e. The third kappa shape index (κ3) is 5.12. The lowest BCUT2D eigenvalue weighted by atomic mass is 10.1. The molecular weight excluding hydrogens is 425 g/mol. The van der Waals surface area contributed by atoms with Crippen molar-refractivity contribution in [2.75, 3.05) is 12.9 Å². The molecular formula is C19H15ClFNO6S. The molecule has 0 aliphatic carbocycles. The SMILES string of the molecule is CCOc1cc(/C=C2\N=C(c3ccc(F)cc3)OC2=O)cc(Cl)c1OS(C)(=O)=O. The molecule has 1 aliphatic rings. The van der Waals surface area contributed by atoms with Gasteiger partial charge in [-0.3, -0.25) is 0 Å². The number of carbonyl (C=O) groups excluding carboxylic acids is 1. The number of ether oxygens (including phenoxy) is 2. The molecule has 152 valence electrons. The van der Waals surface area contributed by atoms with E-state index in [-0.39, 0.29) is 34.7 Å². The number of rotatable bonds is 6. The van der Waals surface area contributed by atoms with Crippen LogP contribution in [0.25, 0.3) is 6.08 Å². The molecule has 2 aromatic carbocycles. The Balaban J connectivity index is 1.98. The minimum Gasteiger partial charge on any atom is -0.490 e. The standard InChI is InChI=1S/C19H15ClFNO6S/c1-3-26-16-10-11(8-14(20)17(16)28-29(2,24)25)9-15-19(23)27-18(22-15)12-4-6-13(21)7-5-12/h4-10H,3H2,1-2H3/b15-9-. The van der Waals surface area contributed by atoms with Crippen LogP contribution in [0.1, 0.15) is 18.1 Å². The molecule has 0 bridgehead atoms. The van der Waals surface area contributed by atoms with Crippen molar-refractivity contribution in [1.82, 2.24) is 0 Å². The summed E-state index contributed by atoms with van der Waals surface area (Å²) in [5, 5.41) is -0.0256. The summed E-state index contributed by atoms with van der Waals surface area (Å²) >= 11 is 6.15. The highest BCUT2D eigenvalue weighted by molar-refractivity contribution is 7.86. The number of cyclic esters (lactones) is 1. The Bertz CT molecular complexity index is 1130. The maximum atomic E-state index is 13.1. The molecule has 0 saturated heterocycles. The number of hydrogen-bond donors (Lipinski definition) is 0. The molecule has 7 nitrogen and oxygen atoms in total. The van der Waals surface area contributed by atoms with E-state index in [4.69, 9.17) is 25.3 Å². The first-order valence-corrected chi connectivity index (χ1v) is 10.5. The molecule has 3 rings (SSSR count). The van der Waals surface area contributed by atoms with E-state index in [0.717, 1.165) is 6.26 Å². The summed E-state index contributed by atoms with van der Waals surface area (Å²) in [5.41, 5.74) is 0.836. The number of hydrogen-bond acceptors (Lipinski definition) is 7. The fraction of sp³-hybridized carbons (Fsp3) is 0.158. The van der Waals surface area contributed by atoms with E-state index in [1.807, 2.05) is 0 Å². The normalized spacial score (nSPS) is 15.2. The van der Waals surface area contributed by atoms with Gasteiger partial charge in [-0.1, -0.05) is 11.6 Å². The van der Waals surface area contributed by atoms with Gasteiger partial charge in [0.05, 0.1) is 17.9 Å². The van der Waals surface area contributed by atoms with Gasteiger partial charge in [-0.05, 0) is 55.0 Å². The molecule has 10 heteroatoms. The highest BCUT2D eigenvalue weighted by Gasteiger charge is 2.25. The van der Waals surface area contributed by atoms with Crippen LogP contribution in [0.5, 0.6) is 11.5 Å². The minimum atomic E-state index is -3.83. The monoisotopic (exact) mass is 439 g/mol. The van der Waals surface area contributed by atoms with Gasteiger partial charge in [-0.2, -0.15) is 8.42 Å². The van der Waals surface area contributed by atoms with Crippen molar-refractivity contribution in [2.24, 2.45) is 4.99 Å². The van der Waals surface area contributed by atoms with Gasteiger partial charge in [0.25, 0.3) is 0 Å². The first kappa shape index (κ1) is 20.8. The highest BCUT2D eigenvalue weighted by atomic mass is 35.5. The van der Waals surface area contributed by atoms with Gasteiger partial charge in [0.15, 0.2) is 11.4 Å². The zero-order valence-corrected chi connectivity index (χ0v) is 16.9. The Morgan fingerprint density at radius 2 is 1.93 bits per heavy atom. The first-order valence-electron chi connectivity index (χ1n) is 8.30. The van der Waals surface area contributed by atoms with Crippen molar-refractivity contribution in [1.29, 1.82) is 0 Å². The number of benzene rings is 2. The lowest BCUT2D eigenvalue weighted by molar-refractivity contribution is -0.129. The molecule has 0 spiro atoms. The zero-order valence-electron chi connectivity index (χ0n) is 15.3. The van der Waals surface area contributed by atoms with Gasteiger partial charge in [-0.25, -0.2) is 14.2 Å². The fourth-order valence-corrected chi connectivity index (χ4v) is 3.23. The number of aliphatic imine (C=N–C) groups is 1. The summed E-state index contributed by atoms with van der Waals surface area (Å²) in [5.74, 6) is -1.15. The lowest BCUT2D eigenvalue weighted by Crippen LogP contribution is -2.08. The van der Waals surface area contributed by atoms with Crippen molar-refractivity contribution < 1.29 is 31.3 Å². The van der Waals surface area contributed by atoms with Crippen LogP contribution < -0.4 is 8.92 Å². The Kier molecular flexibility index (Phi) is 5.90. The number of nitrogens with zero attached hydrogens (tertiary/aromatic N) is 1. The Morgan fingerprint density at radius 1 is 1.24 bits per heavy atom. The summed E-state index contributed by atoms with van der Waals surface area (Å²) in [7, 11) is -3.83. The quantitative estimate of drug-likeness (QED) is 0.388. The third-order valence-corrected chi connectivity index (χ3v) is 4.33. The fourth-order valence-electron chi connectivity index (χ4n) is 2.45. The van der Waals surface area contributed by atoms with E-state index < -0.39 is 21.9 Å². The van der Waals surface area contributed by atoms with E-state index in [1.165, 1.54) is 42.5 Å². The van der Waals surface area contributed by atoms with Crippen LogP contribution in [0.15, 0.2) is 47.1 Å². The molecule has 2 aromatic rings. The molecule has 0 aromatic heterocycles. The Morgan fingerprint density at radius 3 is 2.55 bits per heavy atom. The summed E-state index contributed by atoms with van der Waals surface area (Å²) in [4.78, 5) is 16.3. The third-order valence-electron chi connectivity index (χ3n) is 3.58. The molecule has 0 radical (unpaired) electrons. The van der Waals surface area contributed by atoms with E-state index in [9.17, 15) is 17.6 Å². The Hall–Kier alpha value is -2.91. The molecule has 1 aliphatic heterocycles. The zero-order chi connectivity index (χ0) is 21.2. The van der Waals surface area contributed by atoms with Crippen LogP contribution >= 0.6 is 11.6 Å². The van der Waals surface area contributed by atoms with Crippen molar-refractivity contribution in [3.63, 3.8) is 0 Å². The maximum absolute atomic E-state index is 13.1. The molecule has 0 N–H and O–H groups in total. The predicted molar refractivity (Wildman–Crippen MR) is 105 cm³/mol. The first-order chi connectivity index (χ1) is 13.7. The molecule has 1 heterocycles. The number of halogens is 2. The topological polar surface area (TPSA) is 91.3 Å². The van der Waals surface area contributed by atoms with E-state index in [0.29, 0.717) is 11.1 Å². The van der Waals surface area contributed by atoms with Gasteiger partial charge in [-0.15, -0.1) is 0 Å². The summed E-state index contributed by atoms with van der Waals surface area (Å²) in [6, 6.07) is 8.18. The second-order valence-electron chi connectivity index (χ2n) is 5.89. The number of esters is 1. The van der Waals surface area contributed by atoms with E-state index in [2.05, 4.69) is 4.99 Å². The van der Waals surface area contributed by atoms with Crippen LogP contribution in [0.3, 0.4) is 0 Å². The van der Waals surface area contributed by atoms with Crippen LogP contribution in [0.2, 0.25) is 5.02 Å². The van der Waals surface area contributed by atoms with Crippen LogP contribution in [-0.2, 0) is 19.6 Å². The molecule has 0 fully saturated rings. The van der Waals surface area contributed by atoms with E-state index >= 15 is 0 Å². The summed E-state index contributed by atoms with van der Waals surface area (Å²) in [6.07, 6.45) is 2.28. The molecule has 29 heavy (non-hydrogen) atoms.